The van der Waals surface area contributed by atoms with Crippen molar-refractivity contribution < 1.29 is 4.74 Å². The average molecular weight is 243 g/mol. The summed E-state index contributed by atoms with van der Waals surface area (Å²) in [7, 11) is 1.58. The normalized spacial score (nSPS) is 10.4. The first-order valence-corrected chi connectivity index (χ1v) is 5.77. The maximum atomic E-state index is 5.81. The van der Waals surface area contributed by atoms with Gasteiger partial charge in [-0.3, -0.25) is 0 Å². The molecule has 0 radical (unpaired) electrons. The van der Waals surface area contributed by atoms with Crippen LogP contribution in [0.25, 0.3) is 11.3 Å². The van der Waals surface area contributed by atoms with Crippen molar-refractivity contribution in [1.82, 2.24) is 9.97 Å². The molecule has 2 aromatic rings. The van der Waals surface area contributed by atoms with Crippen LogP contribution >= 0.6 is 0 Å². The van der Waals surface area contributed by atoms with Crippen LogP contribution in [0.2, 0.25) is 0 Å². The lowest BCUT2D eigenvalue weighted by Crippen LogP contribution is -2.01. The lowest BCUT2D eigenvalue weighted by molar-refractivity contribution is 0.415. The monoisotopic (exact) mass is 243 g/mol. The highest BCUT2D eigenvalue weighted by Gasteiger charge is 2.14. The first-order chi connectivity index (χ1) is 8.54. The predicted molar refractivity (Wildman–Crippen MR) is 72.6 cm³/mol. The van der Waals surface area contributed by atoms with Gasteiger partial charge in [0.2, 0.25) is 0 Å². The molecular formula is C14H17N3O. The van der Waals surface area contributed by atoms with Crippen LogP contribution < -0.4 is 10.5 Å². The molecule has 0 fully saturated rings. The highest BCUT2D eigenvalue weighted by molar-refractivity contribution is 5.74. The third-order valence-electron chi connectivity index (χ3n) is 3.13. The minimum absolute atomic E-state index is 0.361. The number of hydrogen-bond acceptors (Lipinski definition) is 4. The topological polar surface area (TPSA) is 61.0 Å². The number of methoxy groups -OCH3 is 1. The maximum Gasteiger partial charge on any atom is 0.187 e. The zero-order valence-corrected chi connectivity index (χ0v) is 11.1. The van der Waals surface area contributed by atoms with Gasteiger partial charge in [-0.2, -0.15) is 0 Å². The third-order valence-corrected chi connectivity index (χ3v) is 3.13. The molecule has 4 nitrogen and oxygen atoms in total. The molecule has 0 saturated heterocycles. The molecule has 0 amide bonds. The highest BCUT2D eigenvalue weighted by atomic mass is 16.5. The fraction of sp³-hybridized carbons (Fsp3) is 0.286. The van der Waals surface area contributed by atoms with Gasteiger partial charge in [-0.1, -0.05) is 6.07 Å². The molecule has 1 aromatic carbocycles. The van der Waals surface area contributed by atoms with E-state index in [4.69, 9.17) is 10.5 Å². The maximum absolute atomic E-state index is 5.81. The van der Waals surface area contributed by atoms with Crippen LogP contribution in [0.1, 0.15) is 16.7 Å². The summed E-state index contributed by atoms with van der Waals surface area (Å²) in [5.41, 5.74) is 11.2. The summed E-state index contributed by atoms with van der Waals surface area (Å²) in [4.78, 5) is 8.24. The van der Waals surface area contributed by atoms with Gasteiger partial charge in [0, 0.05) is 5.56 Å². The van der Waals surface area contributed by atoms with E-state index in [-0.39, 0.29) is 0 Å². The zero-order valence-electron chi connectivity index (χ0n) is 11.1. The molecule has 1 heterocycles. The first-order valence-electron chi connectivity index (χ1n) is 5.77. The van der Waals surface area contributed by atoms with Gasteiger partial charge < -0.3 is 10.5 Å². The molecule has 18 heavy (non-hydrogen) atoms. The molecule has 0 aliphatic rings. The van der Waals surface area contributed by atoms with Crippen LogP contribution in [-0.2, 0) is 0 Å². The van der Waals surface area contributed by atoms with Gasteiger partial charge in [0.05, 0.1) is 7.11 Å². The second-order valence-electron chi connectivity index (χ2n) is 4.39. The van der Waals surface area contributed by atoms with E-state index in [1.165, 1.54) is 17.5 Å². The van der Waals surface area contributed by atoms with E-state index in [1.807, 2.05) is 0 Å². The largest absolute Gasteiger partial charge is 0.491 e. The number of nitrogens with zero attached hydrogens (tertiary/aromatic N) is 2. The Bertz CT molecular complexity index is 594. The Kier molecular flexibility index (Phi) is 3.19. The number of aromatic nitrogens is 2. The average Bonchev–Trinajstić information content (AvgIpc) is 2.33. The Balaban J connectivity index is 2.69. The van der Waals surface area contributed by atoms with Gasteiger partial charge in [-0.15, -0.1) is 0 Å². The van der Waals surface area contributed by atoms with Gasteiger partial charge in [0.1, 0.15) is 12.0 Å². The first kappa shape index (κ1) is 12.4. The number of nitrogen functional groups attached to an aromatic ring is 1. The third kappa shape index (κ3) is 2.01. The van der Waals surface area contributed by atoms with Crippen LogP contribution in [-0.4, -0.2) is 17.1 Å². The molecule has 1 aromatic heterocycles. The molecule has 94 valence electrons. The summed E-state index contributed by atoms with van der Waals surface area (Å²) in [6.07, 6.45) is 1.46. The van der Waals surface area contributed by atoms with Crippen LogP contribution in [0.5, 0.6) is 5.75 Å². The summed E-state index contributed by atoms with van der Waals surface area (Å²) in [5.74, 6) is 0.893. The highest BCUT2D eigenvalue weighted by Crippen LogP contribution is 2.34. The number of ether oxygens (including phenoxy) is 1. The Morgan fingerprint density at radius 3 is 2.33 bits per heavy atom. The van der Waals surface area contributed by atoms with Crippen molar-refractivity contribution in [2.45, 2.75) is 20.8 Å². The lowest BCUT2D eigenvalue weighted by atomic mass is 9.98. The molecule has 0 unspecified atom stereocenters. The quantitative estimate of drug-likeness (QED) is 0.880. The SMILES string of the molecule is COc1c(N)ncnc1-c1cc(C)c(C)cc1C. The summed E-state index contributed by atoms with van der Waals surface area (Å²) in [6, 6.07) is 4.25. The van der Waals surface area contributed by atoms with E-state index >= 15 is 0 Å². The van der Waals surface area contributed by atoms with Crippen LogP contribution in [0.4, 0.5) is 5.82 Å². The standard InChI is InChI=1S/C14H17N3O/c1-8-5-10(3)11(6-9(8)2)12-13(18-4)14(15)17-7-16-12/h5-7H,1-4H3,(H2,15,16,17). The Morgan fingerprint density at radius 2 is 1.67 bits per heavy atom. The minimum Gasteiger partial charge on any atom is -0.491 e. The molecule has 0 bridgehead atoms. The molecule has 0 aliphatic carbocycles. The fourth-order valence-corrected chi connectivity index (χ4v) is 2.00. The number of benzene rings is 1. The van der Waals surface area contributed by atoms with E-state index < -0.39 is 0 Å². The van der Waals surface area contributed by atoms with Gasteiger partial charge in [0.15, 0.2) is 11.6 Å². The summed E-state index contributed by atoms with van der Waals surface area (Å²) < 4.78 is 5.31. The molecular weight excluding hydrogens is 226 g/mol. The van der Waals surface area contributed by atoms with E-state index in [9.17, 15) is 0 Å². The second-order valence-corrected chi connectivity index (χ2v) is 4.39. The van der Waals surface area contributed by atoms with Gasteiger partial charge in [0.25, 0.3) is 0 Å². The van der Waals surface area contributed by atoms with Gasteiger partial charge >= 0.3 is 0 Å². The Hall–Kier alpha value is -2.10. The van der Waals surface area contributed by atoms with Crippen LogP contribution in [0.3, 0.4) is 0 Å². The van der Waals surface area contributed by atoms with Crippen molar-refractivity contribution in [1.29, 1.82) is 0 Å². The minimum atomic E-state index is 0.361. The second kappa shape index (κ2) is 4.64. The molecule has 4 heteroatoms. The van der Waals surface area contributed by atoms with Crippen molar-refractivity contribution in [2.75, 3.05) is 12.8 Å². The molecule has 0 saturated carbocycles. The number of hydrogen-bond donors (Lipinski definition) is 1. The van der Waals surface area contributed by atoms with Gasteiger partial charge in [-0.25, -0.2) is 9.97 Å². The molecule has 2 rings (SSSR count). The summed E-state index contributed by atoms with van der Waals surface area (Å²) >= 11 is 0. The van der Waals surface area contributed by atoms with Crippen molar-refractivity contribution >= 4 is 5.82 Å². The Labute approximate surface area is 107 Å². The summed E-state index contributed by atoms with van der Waals surface area (Å²) in [6.45, 7) is 6.23. The predicted octanol–water partition coefficient (Wildman–Crippen LogP) is 2.66. The number of nitrogens with two attached hydrogens (primary N) is 1. The summed E-state index contributed by atoms with van der Waals surface area (Å²) in [5, 5.41) is 0. The number of aryl methyl sites for hydroxylation is 3. The van der Waals surface area contributed by atoms with E-state index in [2.05, 4.69) is 42.9 Å². The van der Waals surface area contributed by atoms with E-state index in [0.717, 1.165) is 16.8 Å². The number of rotatable bonds is 2. The van der Waals surface area contributed by atoms with Crippen molar-refractivity contribution in [2.24, 2.45) is 0 Å². The van der Waals surface area contributed by atoms with E-state index in [1.54, 1.807) is 7.11 Å². The molecule has 2 N–H and O–H groups in total. The number of anilines is 1. The van der Waals surface area contributed by atoms with Crippen LogP contribution in [0.15, 0.2) is 18.5 Å². The molecule has 0 spiro atoms. The van der Waals surface area contributed by atoms with Crippen molar-refractivity contribution in [3.63, 3.8) is 0 Å². The lowest BCUT2D eigenvalue weighted by Gasteiger charge is -2.13. The van der Waals surface area contributed by atoms with Gasteiger partial charge in [-0.05, 0) is 43.5 Å². The van der Waals surface area contributed by atoms with Crippen molar-refractivity contribution in [3.05, 3.63) is 35.2 Å². The van der Waals surface area contributed by atoms with Crippen molar-refractivity contribution in [3.8, 4) is 17.0 Å². The zero-order chi connectivity index (χ0) is 13.3. The van der Waals surface area contributed by atoms with E-state index in [0.29, 0.717) is 11.6 Å². The molecule has 0 aliphatic heterocycles. The smallest absolute Gasteiger partial charge is 0.187 e. The Morgan fingerprint density at radius 1 is 1.00 bits per heavy atom. The van der Waals surface area contributed by atoms with Crippen LogP contribution in [0, 0.1) is 20.8 Å². The molecule has 0 atom stereocenters. The fourth-order valence-electron chi connectivity index (χ4n) is 2.00.